The molecule has 2 saturated heterocycles. The highest BCUT2D eigenvalue weighted by atomic mass is 31.2. The first-order valence-corrected chi connectivity index (χ1v) is 20.1. The van der Waals surface area contributed by atoms with E-state index in [1.165, 1.54) is 0 Å². The van der Waals surface area contributed by atoms with Crippen molar-refractivity contribution in [3.8, 4) is 0 Å². The van der Waals surface area contributed by atoms with Gasteiger partial charge in [-0.3, -0.25) is 51.3 Å². The van der Waals surface area contributed by atoms with Crippen LogP contribution in [0.2, 0.25) is 0 Å². The zero-order valence-corrected chi connectivity index (χ0v) is 30.5. The van der Waals surface area contributed by atoms with Crippen LogP contribution in [-0.4, -0.2) is 148 Å². The summed E-state index contributed by atoms with van der Waals surface area (Å²) in [6, 6.07) is 0. The maximum absolute atomic E-state index is 12.6. The van der Waals surface area contributed by atoms with E-state index in [0.29, 0.717) is 0 Å². The SMILES string of the molecule is Nc1nc2c(ncn2C2O[C@H](COP(=O)(O)OCC(COP(=O)(O)OC[C@H]3O[C@@H](n4cnc5c(=O)[nH]c(N)nc54)[C@H](O)[C@@H]3O)OP(=O)(O)O)[C@@H](O)[C@H]2O)c(=O)[nH]1. The molecule has 56 heavy (non-hydrogen) atoms. The number of aliphatic hydroxyl groups is 4. The van der Waals surface area contributed by atoms with E-state index in [1.807, 2.05) is 0 Å². The van der Waals surface area contributed by atoms with Crippen LogP contribution in [-0.2, 0) is 45.8 Å². The molecule has 0 spiro atoms. The molecule has 2 fully saturated rings. The van der Waals surface area contributed by atoms with E-state index in [4.69, 9.17) is 39.0 Å². The Morgan fingerprint density at radius 1 is 0.696 bits per heavy atom. The molecule has 0 bridgehead atoms. The highest BCUT2D eigenvalue weighted by molar-refractivity contribution is 7.47. The van der Waals surface area contributed by atoms with Crippen molar-refractivity contribution >= 4 is 57.7 Å². The van der Waals surface area contributed by atoms with Crippen LogP contribution in [0.3, 0.4) is 0 Å². The zero-order chi connectivity index (χ0) is 40.9. The Balaban J connectivity index is 1.02. The summed E-state index contributed by atoms with van der Waals surface area (Å²) >= 11 is 0. The first kappa shape index (κ1) is 42.0. The number of nitrogen functional groups attached to an aromatic ring is 2. The number of anilines is 2. The number of H-pyrrole nitrogens is 2. The normalized spacial score (nSPS) is 28.5. The van der Waals surface area contributed by atoms with Gasteiger partial charge in [-0.05, 0) is 0 Å². The van der Waals surface area contributed by atoms with Crippen molar-refractivity contribution in [1.29, 1.82) is 0 Å². The molecule has 4 aromatic rings. The van der Waals surface area contributed by atoms with Crippen molar-refractivity contribution in [1.82, 2.24) is 39.0 Å². The minimum Gasteiger partial charge on any atom is -0.387 e. The van der Waals surface area contributed by atoms with Gasteiger partial charge in [0.25, 0.3) is 11.1 Å². The molecule has 14 N–H and O–H groups in total. The molecule has 2 aliphatic rings. The fourth-order valence-electron chi connectivity index (χ4n) is 5.52. The lowest BCUT2D eigenvalue weighted by Crippen LogP contribution is -2.34. The van der Waals surface area contributed by atoms with Crippen molar-refractivity contribution in [2.24, 2.45) is 0 Å². The number of aromatic nitrogens is 8. The predicted molar refractivity (Wildman–Crippen MR) is 177 cm³/mol. The van der Waals surface area contributed by atoms with Gasteiger partial charge in [-0.2, -0.15) is 9.97 Å². The van der Waals surface area contributed by atoms with Gasteiger partial charge in [0.1, 0.15) is 42.7 Å². The average molecular weight is 862 g/mol. The van der Waals surface area contributed by atoms with Crippen LogP contribution < -0.4 is 22.6 Å². The third-order valence-corrected chi connectivity index (χ3v) is 10.5. The highest BCUT2D eigenvalue weighted by Crippen LogP contribution is 2.48. The van der Waals surface area contributed by atoms with Gasteiger partial charge in [-0.25, -0.2) is 23.7 Å². The van der Waals surface area contributed by atoms with Gasteiger partial charge in [0.05, 0.1) is 39.1 Å². The number of aromatic amines is 2. The molecule has 310 valence electrons. The minimum absolute atomic E-state index is 0.128. The van der Waals surface area contributed by atoms with Crippen molar-refractivity contribution in [2.75, 3.05) is 37.9 Å². The van der Waals surface area contributed by atoms with Gasteiger partial charge in [0.2, 0.25) is 11.9 Å². The Hall–Kier alpha value is -3.61. The van der Waals surface area contributed by atoms with Gasteiger partial charge in [-0.1, -0.05) is 0 Å². The number of aliphatic hydroxyl groups excluding tert-OH is 4. The third kappa shape index (κ3) is 9.23. The monoisotopic (exact) mass is 862 g/mol. The van der Waals surface area contributed by atoms with E-state index in [9.17, 15) is 63.3 Å². The number of rotatable bonds is 16. The van der Waals surface area contributed by atoms with Crippen molar-refractivity contribution < 1.29 is 85.8 Å². The average Bonchev–Trinajstić information content (AvgIpc) is 3.85. The van der Waals surface area contributed by atoms with Gasteiger partial charge in [-0.15, -0.1) is 0 Å². The number of nitrogens with two attached hydrogens (primary N) is 2. The summed E-state index contributed by atoms with van der Waals surface area (Å²) in [7, 11) is -15.9. The summed E-state index contributed by atoms with van der Waals surface area (Å²) in [4.78, 5) is 83.2. The number of hydrogen-bond acceptors (Lipinski definition) is 22. The molecule has 4 unspecified atom stereocenters. The van der Waals surface area contributed by atoms with Crippen LogP contribution in [0.5, 0.6) is 0 Å². The van der Waals surface area contributed by atoms with Gasteiger partial charge in [0, 0.05) is 0 Å². The van der Waals surface area contributed by atoms with Crippen LogP contribution in [0, 0.1) is 0 Å². The molecular formula is C23H33N10O20P3. The molecule has 6 heterocycles. The summed E-state index contributed by atoms with van der Waals surface area (Å²) in [5, 5.41) is 42.1. The Morgan fingerprint density at radius 3 is 1.46 bits per heavy atom. The second kappa shape index (κ2) is 16.0. The molecule has 0 radical (unpaired) electrons. The van der Waals surface area contributed by atoms with Gasteiger partial charge >= 0.3 is 23.5 Å². The maximum Gasteiger partial charge on any atom is 0.472 e. The van der Waals surface area contributed by atoms with Crippen molar-refractivity contribution in [3.63, 3.8) is 0 Å². The predicted octanol–water partition coefficient (Wildman–Crippen LogP) is -4.60. The van der Waals surface area contributed by atoms with E-state index >= 15 is 0 Å². The summed E-state index contributed by atoms with van der Waals surface area (Å²) in [6.07, 6.45) is -12.8. The van der Waals surface area contributed by atoms with E-state index in [0.717, 1.165) is 21.8 Å². The molecule has 2 aliphatic heterocycles. The van der Waals surface area contributed by atoms with Crippen LogP contribution >= 0.6 is 23.5 Å². The summed E-state index contributed by atoms with van der Waals surface area (Å²) in [5.41, 5.74) is 9.08. The Labute approximate surface area is 309 Å². The molecule has 11 atom stereocenters. The Bertz CT molecular complexity index is 2180. The molecule has 0 amide bonds. The van der Waals surface area contributed by atoms with E-state index in [1.54, 1.807) is 0 Å². The van der Waals surface area contributed by atoms with Crippen molar-refractivity contribution in [2.45, 2.75) is 55.2 Å². The number of nitrogens with one attached hydrogen (secondary N) is 2. The highest BCUT2D eigenvalue weighted by Gasteiger charge is 2.47. The zero-order valence-electron chi connectivity index (χ0n) is 27.8. The number of hydrogen-bond donors (Lipinski definition) is 12. The fraction of sp³-hybridized carbons (Fsp3) is 0.565. The van der Waals surface area contributed by atoms with Crippen molar-refractivity contribution in [3.05, 3.63) is 33.4 Å². The molecule has 0 aromatic carbocycles. The second-order valence-corrected chi connectivity index (χ2v) is 16.1. The molecule has 4 aromatic heterocycles. The summed E-state index contributed by atoms with van der Waals surface area (Å²) in [6.45, 7) is -4.34. The first-order valence-electron chi connectivity index (χ1n) is 15.6. The van der Waals surface area contributed by atoms with Gasteiger partial charge in [0.15, 0.2) is 34.8 Å². The van der Waals surface area contributed by atoms with Crippen LogP contribution in [0.25, 0.3) is 22.3 Å². The standard InChI is InChI=1S/C23H33N10O20P3/c24-22-28-16-10(18(38)30-22)26-5-32(16)20-14(36)12(34)8(51-20)3-49-55(43,44)47-1-7(53-54(40,41)42)2-48-56(45,46)50-4-9-13(35)15(37)21(52-9)33-6-27-11-17(33)29-23(25)31-19(11)39/h5-9,12-15,20-21,34-37H,1-4H2,(H,43,44)(H,45,46)(H2,40,41,42)(H3,24,28,30,38)(H3,25,29,31,39)/t7?,8-,9-,12-,13-,14-,15-,20-,21?/m1/s1. The van der Waals surface area contributed by atoms with Crippen LogP contribution in [0.4, 0.5) is 11.9 Å². The van der Waals surface area contributed by atoms with E-state index < -0.39 is 116 Å². The quantitative estimate of drug-likeness (QED) is 0.0472. The van der Waals surface area contributed by atoms with Gasteiger partial charge < -0.3 is 60.9 Å². The first-order chi connectivity index (χ1) is 26.1. The number of fused-ring (bicyclic) bond motifs is 2. The number of phosphoric acid groups is 3. The lowest BCUT2D eigenvalue weighted by molar-refractivity contribution is -0.0542. The minimum atomic E-state index is -5.42. The molecule has 0 saturated carbocycles. The maximum atomic E-state index is 12.6. The number of phosphoric ester groups is 3. The lowest BCUT2D eigenvalue weighted by atomic mass is 10.1. The smallest absolute Gasteiger partial charge is 0.387 e. The molecular weight excluding hydrogens is 829 g/mol. The third-order valence-electron chi connectivity index (χ3n) is 8.06. The largest absolute Gasteiger partial charge is 0.472 e. The lowest BCUT2D eigenvalue weighted by Gasteiger charge is -2.22. The second-order valence-electron chi connectivity index (χ2n) is 12.0. The fourth-order valence-corrected chi connectivity index (χ4v) is 7.56. The van der Waals surface area contributed by atoms with E-state index in [2.05, 4.69) is 34.4 Å². The summed E-state index contributed by atoms with van der Waals surface area (Å²) in [5.74, 6) is -0.591. The number of ether oxygens (including phenoxy) is 2. The number of imidazole rings is 2. The Kier molecular flexibility index (Phi) is 12.0. The van der Waals surface area contributed by atoms with Crippen LogP contribution in [0.15, 0.2) is 22.2 Å². The molecule has 0 aliphatic carbocycles. The summed E-state index contributed by atoms with van der Waals surface area (Å²) < 4.78 is 73.4. The molecule has 33 heteroatoms. The van der Waals surface area contributed by atoms with E-state index in [-0.39, 0.29) is 34.2 Å². The molecule has 6 rings (SSSR count). The van der Waals surface area contributed by atoms with Crippen LogP contribution in [0.1, 0.15) is 12.5 Å². The number of nitrogens with zero attached hydrogens (tertiary/aromatic N) is 6. The Morgan fingerprint density at radius 2 is 1.09 bits per heavy atom. The topological polar surface area (TPSA) is 457 Å². The molecule has 30 nitrogen and oxygen atoms in total.